The molecule has 1 unspecified atom stereocenters. The Morgan fingerprint density at radius 1 is 0.652 bits per heavy atom. The summed E-state index contributed by atoms with van der Waals surface area (Å²) in [5.41, 5.74) is 1.41. The zero-order valence-electron chi connectivity index (χ0n) is 12.3. The second-order valence-electron chi connectivity index (χ2n) is 4.91. The van der Waals surface area contributed by atoms with E-state index in [-0.39, 0.29) is 4.90 Å². The maximum absolute atomic E-state index is 12.5. The second-order valence-corrected chi connectivity index (χ2v) is 6.46. The molecule has 1 atom stereocenters. The number of hydrogen-bond acceptors (Lipinski definition) is 2. The Hall–Kier alpha value is -2.31. The number of rotatable bonds is 5. The minimum Gasteiger partial charge on any atom is -0.0729 e. The van der Waals surface area contributed by atoms with Crippen molar-refractivity contribution in [3.63, 3.8) is 0 Å². The third kappa shape index (κ3) is 3.72. The molecular formula is C18H16NO3S+2. The highest BCUT2D eigenvalue weighted by Crippen LogP contribution is 2.18. The normalized spacial score (nSPS) is 13.7. The van der Waals surface area contributed by atoms with Gasteiger partial charge in [0.25, 0.3) is 0 Å². The van der Waals surface area contributed by atoms with Crippen LogP contribution in [0.1, 0.15) is 0 Å². The molecule has 0 spiro atoms. The van der Waals surface area contributed by atoms with Gasteiger partial charge in [-0.05, 0) is 16.3 Å². The first kappa shape index (κ1) is 15.6. The molecule has 0 amide bonds. The van der Waals surface area contributed by atoms with Crippen LogP contribution in [-0.2, 0) is 23.5 Å². The molecule has 5 heteroatoms. The quantitative estimate of drug-likeness (QED) is 0.578. The molecule has 0 saturated heterocycles. The fourth-order valence-electron chi connectivity index (χ4n) is 2.19. The third-order valence-electron chi connectivity index (χ3n) is 3.30. The molecule has 0 aliphatic carbocycles. The topological polar surface area (TPSA) is 50.6 Å². The molecule has 3 rings (SSSR count). The Labute approximate surface area is 136 Å². The molecule has 0 bridgehead atoms. The Morgan fingerprint density at radius 3 is 1.48 bits per heavy atom. The van der Waals surface area contributed by atoms with Gasteiger partial charge in [0.05, 0.1) is 8.84 Å². The van der Waals surface area contributed by atoms with Crippen LogP contribution in [0.15, 0.2) is 95.9 Å². The van der Waals surface area contributed by atoms with Crippen molar-refractivity contribution < 1.29 is 18.1 Å². The van der Waals surface area contributed by atoms with E-state index in [1.807, 2.05) is 60.7 Å². The molecule has 0 heterocycles. The van der Waals surface area contributed by atoms with Crippen molar-refractivity contribution in [3.05, 3.63) is 91.0 Å². The van der Waals surface area contributed by atoms with Crippen LogP contribution in [-0.4, -0.2) is 0 Å². The SMILES string of the molecule is [O][S+](=O)(O[NH+](c1ccccc1)c1ccccc1)c1ccccc1. The Kier molecular flexibility index (Phi) is 4.64. The van der Waals surface area contributed by atoms with Crippen LogP contribution in [0.25, 0.3) is 0 Å². The van der Waals surface area contributed by atoms with Gasteiger partial charge in [-0.3, -0.25) is 0 Å². The van der Waals surface area contributed by atoms with E-state index in [9.17, 15) is 8.76 Å². The maximum atomic E-state index is 12.5. The van der Waals surface area contributed by atoms with Crippen LogP contribution in [0, 0.1) is 0 Å². The number of quaternary nitrogens is 1. The summed E-state index contributed by atoms with van der Waals surface area (Å²) in [5.74, 6) is 0. The summed E-state index contributed by atoms with van der Waals surface area (Å²) >= 11 is 0. The average molecular weight is 326 g/mol. The predicted molar refractivity (Wildman–Crippen MR) is 87.7 cm³/mol. The Balaban J connectivity index is 1.99. The molecule has 3 aromatic carbocycles. The lowest BCUT2D eigenvalue weighted by Crippen LogP contribution is -3.01. The fraction of sp³-hybridized carbons (Fsp3) is 0. The zero-order valence-corrected chi connectivity index (χ0v) is 13.1. The molecule has 0 aliphatic rings. The summed E-state index contributed by atoms with van der Waals surface area (Å²) < 4.78 is 30.6. The van der Waals surface area contributed by atoms with Crippen molar-refractivity contribution in [1.82, 2.24) is 0 Å². The number of hydrogen-bond donors (Lipinski definition) is 1. The summed E-state index contributed by atoms with van der Waals surface area (Å²) in [7, 11) is -3.89. The summed E-state index contributed by atoms with van der Waals surface area (Å²) in [4.78, 5) is 0.129. The molecule has 0 saturated carbocycles. The molecule has 1 radical (unpaired) electrons. The smallest absolute Gasteiger partial charge is 0.0729 e. The van der Waals surface area contributed by atoms with Crippen molar-refractivity contribution in [2.45, 2.75) is 4.90 Å². The van der Waals surface area contributed by atoms with Crippen LogP contribution in [0.5, 0.6) is 0 Å². The van der Waals surface area contributed by atoms with Gasteiger partial charge in [0, 0.05) is 24.3 Å². The van der Waals surface area contributed by atoms with E-state index in [2.05, 4.69) is 0 Å². The van der Waals surface area contributed by atoms with Crippen molar-refractivity contribution in [2.75, 3.05) is 0 Å². The molecule has 3 aromatic rings. The monoisotopic (exact) mass is 326 g/mol. The molecule has 0 fully saturated rings. The highest BCUT2D eigenvalue weighted by Gasteiger charge is 2.43. The minimum atomic E-state index is -3.89. The van der Waals surface area contributed by atoms with Crippen molar-refractivity contribution in [1.29, 1.82) is 0 Å². The van der Waals surface area contributed by atoms with E-state index in [4.69, 9.17) is 4.28 Å². The van der Waals surface area contributed by atoms with E-state index >= 15 is 0 Å². The van der Waals surface area contributed by atoms with Crippen LogP contribution in [0.3, 0.4) is 0 Å². The average Bonchev–Trinajstić information content (AvgIpc) is 2.62. The molecular weight excluding hydrogens is 310 g/mol. The minimum absolute atomic E-state index is 0.129. The van der Waals surface area contributed by atoms with Gasteiger partial charge in [-0.15, -0.1) is 0 Å². The van der Waals surface area contributed by atoms with E-state index in [1.165, 1.54) is 12.1 Å². The Morgan fingerprint density at radius 2 is 1.04 bits per heavy atom. The zero-order chi connectivity index (χ0) is 16.1. The highest BCUT2D eigenvalue weighted by molar-refractivity contribution is 7.92. The summed E-state index contributed by atoms with van der Waals surface area (Å²) in [6.07, 6.45) is 0. The molecule has 23 heavy (non-hydrogen) atoms. The lowest BCUT2D eigenvalue weighted by Gasteiger charge is -2.12. The standard InChI is InChI=1S/C18H15NO3S/c20-23(21,18-14-8-3-9-15-18)22-19(16-10-4-1-5-11-16)17-12-6-2-7-13-17/h1-15H/q+1/p+1. The molecule has 1 N–H and O–H groups in total. The summed E-state index contributed by atoms with van der Waals surface area (Å²) in [6.45, 7) is 0. The van der Waals surface area contributed by atoms with Gasteiger partial charge in [-0.25, -0.2) is 0 Å². The van der Waals surface area contributed by atoms with Gasteiger partial charge < -0.3 is 0 Å². The first-order valence-electron chi connectivity index (χ1n) is 7.14. The lowest BCUT2D eigenvalue weighted by atomic mass is 10.2. The molecule has 0 aromatic heterocycles. The van der Waals surface area contributed by atoms with E-state index in [0.717, 1.165) is 0 Å². The Bertz CT molecular complexity index is 755. The van der Waals surface area contributed by atoms with Gasteiger partial charge in [0.1, 0.15) is 0 Å². The van der Waals surface area contributed by atoms with Gasteiger partial charge in [0.15, 0.2) is 11.4 Å². The van der Waals surface area contributed by atoms with Crippen molar-refractivity contribution in [2.24, 2.45) is 0 Å². The van der Waals surface area contributed by atoms with Gasteiger partial charge in [-0.2, -0.15) is 0 Å². The number of para-hydroxylation sites is 2. The number of nitrogens with one attached hydrogen (secondary N) is 1. The van der Waals surface area contributed by atoms with Crippen LogP contribution in [0.4, 0.5) is 11.4 Å². The van der Waals surface area contributed by atoms with E-state index in [1.54, 1.807) is 18.2 Å². The molecule has 0 aliphatic heterocycles. The van der Waals surface area contributed by atoms with Crippen LogP contribution in [0.2, 0.25) is 0 Å². The largest absolute Gasteiger partial charge is 0.483 e. The van der Waals surface area contributed by atoms with Crippen molar-refractivity contribution in [3.8, 4) is 0 Å². The van der Waals surface area contributed by atoms with Gasteiger partial charge in [0.2, 0.25) is 4.90 Å². The first-order valence-corrected chi connectivity index (χ1v) is 8.55. The predicted octanol–water partition coefficient (Wildman–Crippen LogP) is 3.29. The maximum Gasteiger partial charge on any atom is 0.483 e. The van der Waals surface area contributed by atoms with Crippen LogP contribution >= 0.6 is 0 Å². The number of benzene rings is 3. The summed E-state index contributed by atoms with van der Waals surface area (Å²) in [6, 6.07) is 26.5. The summed E-state index contributed by atoms with van der Waals surface area (Å²) in [5, 5.41) is 0.315. The van der Waals surface area contributed by atoms with Gasteiger partial charge in [-0.1, -0.05) is 59.7 Å². The first-order chi connectivity index (χ1) is 11.2. The molecule has 4 nitrogen and oxygen atoms in total. The fourth-order valence-corrected chi connectivity index (χ4v) is 3.19. The molecule has 115 valence electrons. The third-order valence-corrected chi connectivity index (χ3v) is 4.53. The van der Waals surface area contributed by atoms with E-state index in [0.29, 0.717) is 16.4 Å². The van der Waals surface area contributed by atoms with Crippen LogP contribution < -0.4 is 5.06 Å². The second kappa shape index (κ2) is 6.85. The lowest BCUT2D eigenvalue weighted by molar-refractivity contribution is -0.952. The van der Waals surface area contributed by atoms with E-state index < -0.39 is 10.5 Å². The highest BCUT2D eigenvalue weighted by atomic mass is 32.3. The van der Waals surface area contributed by atoms with Crippen molar-refractivity contribution >= 4 is 21.9 Å². The van der Waals surface area contributed by atoms with Gasteiger partial charge >= 0.3 is 10.5 Å².